The van der Waals surface area contributed by atoms with Crippen molar-refractivity contribution < 1.29 is 4.79 Å². The van der Waals surface area contributed by atoms with Crippen molar-refractivity contribution in [1.82, 2.24) is 15.2 Å². The van der Waals surface area contributed by atoms with Gasteiger partial charge in [0.2, 0.25) is 11.0 Å². The van der Waals surface area contributed by atoms with Crippen molar-refractivity contribution in [2.24, 2.45) is 5.92 Å². The molecule has 0 saturated carbocycles. The van der Waals surface area contributed by atoms with Gasteiger partial charge in [0.15, 0.2) is 0 Å². The molecule has 7 heteroatoms. The Morgan fingerprint density at radius 3 is 2.92 bits per heavy atom. The number of aryl methyl sites for hydroxylation is 1. The van der Waals surface area contributed by atoms with Gasteiger partial charge in [-0.15, -0.1) is 10.2 Å². The molecule has 1 aliphatic heterocycles. The van der Waals surface area contributed by atoms with E-state index in [1.165, 1.54) is 0 Å². The van der Waals surface area contributed by atoms with Crippen LogP contribution in [-0.4, -0.2) is 34.2 Å². The number of pyridine rings is 1. The molecule has 1 aliphatic rings. The van der Waals surface area contributed by atoms with Crippen LogP contribution < -0.4 is 10.2 Å². The largest absolute Gasteiger partial charge is 0.346 e. The van der Waals surface area contributed by atoms with Crippen LogP contribution >= 0.6 is 11.3 Å². The number of nitrogens with zero attached hydrogens (tertiary/aromatic N) is 4. The highest BCUT2D eigenvalue weighted by Crippen LogP contribution is 2.29. The van der Waals surface area contributed by atoms with Crippen molar-refractivity contribution in [1.29, 1.82) is 0 Å². The second kappa shape index (κ2) is 7.25. The number of nitrogens with one attached hydrogen (secondary N) is 1. The molecule has 0 aromatic carbocycles. The van der Waals surface area contributed by atoms with Crippen LogP contribution in [-0.2, 0) is 4.79 Å². The number of rotatable bonds is 4. The van der Waals surface area contributed by atoms with Gasteiger partial charge in [-0.2, -0.15) is 0 Å². The first-order valence-electron chi connectivity index (χ1n) is 8.36. The summed E-state index contributed by atoms with van der Waals surface area (Å²) < 4.78 is 0. The summed E-state index contributed by atoms with van der Waals surface area (Å²) in [6.07, 6.45) is 1.87. The molecule has 1 atom stereocenters. The second-order valence-electron chi connectivity index (χ2n) is 6.52. The molecule has 2 aromatic heterocycles. The topological polar surface area (TPSA) is 71.0 Å². The molecule has 24 heavy (non-hydrogen) atoms. The van der Waals surface area contributed by atoms with Crippen LogP contribution in [0.3, 0.4) is 0 Å². The number of carbonyl (C=O) groups is 1. The number of aromatic nitrogens is 3. The number of piperidine rings is 1. The van der Waals surface area contributed by atoms with Gasteiger partial charge < -0.3 is 10.2 Å². The van der Waals surface area contributed by atoms with Gasteiger partial charge >= 0.3 is 0 Å². The molecule has 1 N–H and O–H groups in total. The third-order valence-electron chi connectivity index (χ3n) is 4.13. The predicted molar refractivity (Wildman–Crippen MR) is 96.5 cm³/mol. The lowest BCUT2D eigenvalue weighted by atomic mass is 9.97. The minimum absolute atomic E-state index is 0.0337. The Bertz CT molecular complexity index is 715. The highest BCUT2D eigenvalue weighted by atomic mass is 32.1. The Hall–Kier alpha value is -2.02. The first-order chi connectivity index (χ1) is 11.5. The summed E-state index contributed by atoms with van der Waals surface area (Å²) in [7, 11) is 0. The van der Waals surface area contributed by atoms with E-state index in [4.69, 9.17) is 0 Å². The number of carbonyl (C=O) groups excluding carboxylic acids is 1. The quantitative estimate of drug-likeness (QED) is 0.921. The maximum atomic E-state index is 12.6. The number of hydrogen-bond donors (Lipinski definition) is 1. The molecule has 1 fully saturated rings. The lowest BCUT2D eigenvalue weighted by Gasteiger charge is -2.31. The van der Waals surface area contributed by atoms with E-state index in [1.807, 2.05) is 25.1 Å². The molecule has 0 spiro atoms. The van der Waals surface area contributed by atoms with Gasteiger partial charge in [0.1, 0.15) is 10.8 Å². The zero-order valence-electron chi connectivity index (χ0n) is 14.3. The third kappa shape index (κ3) is 3.90. The summed E-state index contributed by atoms with van der Waals surface area (Å²) in [6, 6.07) is 5.64. The van der Waals surface area contributed by atoms with E-state index in [0.29, 0.717) is 18.3 Å². The van der Waals surface area contributed by atoms with Crippen LogP contribution in [0.2, 0.25) is 0 Å². The Balaban J connectivity index is 1.65. The van der Waals surface area contributed by atoms with E-state index in [9.17, 15) is 4.79 Å². The second-order valence-corrected chi connectivity index (χ2v) is 7.50. The lowest BCUT2D eigenvalue weighted by Crippen LogP contribution is -2.40. The third-order valence-corrected chi connectivity index (χ3v) is 5.41. The van der Waals surface area contributed by atoms with Gasteiger partial charge in [-0.3, -0.25) is 4.79 Å². The molecule has 128 valence electrons. The summed E-state index contributed by atoms with van der Waals surface area (Å²) >= 11 is 1.63. The molecular formula is C17H23N5OS. The fourth-order valence-corrected chi connectivity index (χ4v) is 3.67. The van der Waals surface area contributed by atoms with Crippen LogP contribution in [0.15, 0.2) is 18.2 Å². The van der Waals surface area contributed by atoms with Crippen LogP contribution in [0.4, 0.5) is 10.9 Å². The first kappa shape index (κ1) is 16.8. The Labute approximate surface area is 146 Å². The van der Waals surface area contributed by atoms with Crippen LogP contribution in [0.25, 0.3) is 0 Å². The van der Waals surface area contributed by atoms with Crippen molar-refractivity contribution in [2.75, 3.05) is 23.3 Å². The molecule has 1 amide bonds. The highest BCUT2D eigenvalue weighted by Gasteiger charge is 2.28. The monoisotopic (exact) mass is 345 g/mol. The summed E-state index contributed by atoms with van der Waals surface area (Å²) in [4.78, 5) is 19.1. The first-order valence-corrected chi connectivity index (χ1v) is 9.17. The Morgan fingerprint density at radius 1 is 1.38 bits per heavy atom. The van der Waals surface area contributed by atoms with Crippen molar-refractivity contribution in [3.8, 4) is 0 Å². The summed E-state index contributed by atoms with van der Waals surface area (Å²) in [5, 5.41) is 13.5. The minimum Gasteiger partial charge on any atom is -0.346 e. The van der Waals surface area contributed by atoms with E-state index in [1.54, 1.807) is 11.3 Å². The van der Waals surface area contributed by atoms with Crippen molar-refractivity contribution >= 4 is 28.2 Å². The highest BCUT2D eigenvalue weighted by molar-refractivity contribution is 7.15. The SMILES string of the molecule is Cc1cccc(NC(=O)C2CCCN(c3nnc(C(C)C)s3)C2)n1. The van der Waals surface area contributed by atoms with E-state index in [-0.39, 0.29) is 11.8 Å². The lowest BCUT2D eigenvalue weighted by molar-refractivity contribution is -0.120. The molecule has 0 bridgehead atoms. The molecule has 2 aromatic rings. The van der Waals surface area contributed by atoms with Crippen LogP contribution in [0.1, 0.15) is 43.3 Å². The molecule has 1 saturated heterocycles. The van der Waals surface area contributed by atoms with Crippen molar-refractivity contribution in [3.63, 3.8) is 0 Å². The average molecular weight is 345 g/mol. The van der Waals surface area contributed by atoms with E-state index >= 15 is 0 Å². The number of anilines is 2. The van der Waals surface area contributed by atoms with E-state index in [2.05, 4.69) is 39.2 Å². The maximum absolute atomic E-state index is 12.6. The Morgan fingerprint density at radius 2 is 2.21 bits per heavy atom. The molecule has 0 radical (unpaired) electrons. The normalized spacial score (nSPS) is 18.0. The van der Waals surface area contributed by atoms with Crippen molar-refractivity contribution in [3.05, 3.63) is 28.9 Å². The summed E-state index contributed by atoms with van der Waals surface area (Å²) in [5.41, 5.74) is 0.896. The fraction of sp³-hybridized carbons (Fsp3) is 0.529. The molecule has 3 heterocycles. The maximum Gasteiger partial charge on any atom is 0.230 e. The van der Waals surface area contributed by atoms with Crippen molar-refractivity contribution in [2.45, 2.75) is 39.5 Å². The fourth-order valence-electron chi connectivity index (χ4n) is 2.79. The minimum atomic E-state index is -0.0486. The molecule has 1 unspecified atom stereocenters. The van der Waals surface area contributed by atoms with E-state index < -0.39 is 0 Å². The van der Waals surface area contributed by atoms with Gasteiger partial charge in [-0.25, -0.2) is 4.98 Å². The molecule has 6 nitrogen and oxygen atoms in total. The molecule has 0 aliphatic carbocycles. The standard InChI is InChI=1S/C17H23N5OS/c1-11(2)16-20-21-17(24-16)22-9-5-7-13(10-22)15(23)19-14-8-4-6-12(3)18-14/h4,6,8,11,13H,5,7,9-10H2,1-3H3,(H,18,19,23). The van der Waals surface area contributed by atoms with Gasteiger partial charge in [-0.05, 0) is 31.9 Å². The zero-order chi connectivity index (χ0) is 17.1. The molecule has 3 rings (SSSR count). The Kier molecular flexibility index (Phi) is 5.08. The smallest absolute Gasteiger partial charge is 0.230 e. The van der Waals surface area contributed by atoms with Gasteiger partial charge in [-0.1, -0.05) is 31.3 Å². The van der Waals surface area contributed by atoms with Gasteiger partial charge in [0.25, 0.3) is 0 Å². The van der Waals surface area contributed by atoms with E-state index in [0.717, 1.165) is 35.2 Å². The van der Waals surface area contributed by atoms with Crippen LogP contribution in [0, 0.1) is 12.8 Å². The van der Waals surface area contributed by atoms with Gasteiger partial charge in [0, 0.05) is 24.7 Å². The van der Waals surface area contributed by atoms with Gasteiger partial charge in [0.05, 0.1) is 5.92 Å². The zero-order valence-corrected chi connectivity index (χ0v) is 15.1. The van der Waals surface area contributed by atoms with Crippen LogP contribution in [0.5, 0.6) is 0 Å². The predicted octanol–water partition coefficient (Wildman–Crippen LogP) is 3.22. The summed E-state index contributed by atoms with van der Waals surface area (Å²) in [5.74, 6) is 0.988. The number of amides is 1. The molecular weight excluding hydrogens is 322 g/mol. The summed E-state index contributed by atoms with van der Waals surface area (Å²) in [6.45, 7) is 7.76. The number of hydrogen-bond acceptors (Lipinski definition) is 6. The average Bonchev–Trinajstić information content (AvgIpc) is 3.05.